The molecule has 3 aromatic rings. The zero-order chi connectivity index (χ0) is 17.9. The summed E-state index contributed by atoms with van der Waals surface area (Å²) in [7, 11) is 0. The largest absolute Gasteiger partial charge is 0.355 e. The summed E-state index contributed by atoms with van der Waals surface area (Å²) in [4.78, 5) is 26.5. The second kappa shape index (κ2) is 6.87. The topological polar surface area (TPSA) is 88.8 Å². The molecular weight excluding hydrogens is 337 g/mol. The Labute approximate surface area is 148 Å². The molecule has 26 heavy (non-hydrogen) atoms. The van der Waals surface area contributed by atoms with Gasteiger partial charge < -0.3 is 10.2 Å². The highest BCUT2D eigenvalue weighted by atomic mass is 19.1. The lowest BCUT2D eigenvalue weighted by Crippen LogP contribution is -2.54. The number of aromatic nitrogens is 5. The summed E-state index contributed by atoms with van der Waals surface area (Å²) in [5, 5.41) is 6.92. The van der Waals surface area contributed by atoms with E-state index in [9.17, 15) is 9.18 Å². The maximum atomic E-state index is 12.9. The van der Waals surface area contributed by atoms with Crippen LogP contribution < -0.4 is 10.2 Å². The number of rotatable bonds is 5. The van der Waals surface area contributed by atoms with Gasteiger partial charge in [-0.1, -0.05) is 12.1 Å². The fourth-order valence-corrected chi connectivity index (χ4v) is 2.73. The van der Waals surface area contributed by atoms with Crippen molar-refractivity contribution in [2.75, 3.05) is 18.0 Å². The van der Waals surface area contributed by atoms with Gasteiger partial charge in [-0.2, -0.15) is 5.10 Å². The predicted molar refractivity (Wildman–Crippen MR) is 90.9 cm³/mol. The number of hydrogen-bond acceptors (Lipinski definition) is 6. The predicted octanol–water partition coefficient (Wildman–Crippen LogP) is 0.949. The van der Waals surface area contributed by atoms with E-state index in [-0.39, 0.29) is 17.6 Å². The van der Waals surface area contributed by atoms with Crippen molar-refractivity contribution in [3.63, 3.8) is 0 Å². The van der Waals surface area contributed by atoms with Crippen LogP contribution >= 0.6 is 0 Å². The molecule has 0 atom stereocenters. The van der Waals surface area contributed by atoms with Crippen LogP contribution in [0.5, 0.6) is 0 Å². The monoisotopic (exact) mass is 353 g/mol. The van der Waals surface area contributed by atoms with E-state index in [0.717, 1.165) is 11.4 Å². The van der Waals surface area contributed by atoms with Crippen LogP contribution in [-0.4, -0.2) is 43.7 Å². The van der Waals surface area contributed by atoms with E-state index in [1.807, 2.05) is 4.90 Å². The lowest BCUT2D eigenvalue weighted by Gasteiger charge is -2.39. The number of amides is 1. The summed E-state index contributed by atoms with van der Waals surface area (Å²) in [6.07, 6.45) is 4.47. The number of nitrogens with zero attached hydrogens (tertiary/aromatic N) is 6. The average molecular weight is 353 g/mol. The minimum Gasteiger partial charge on any atom is -0.355 e. The van der Waals surface area contributed by atoms with E-state index in [1.54, 1.807) is 29.2 Å². The second-order valence-corrected chi connectivity index (χ2v) is 6.02. The zero-order valence-electron chi connectivity index (χ0n) is 13.8. The lowest BCUT2D eigenvalue weighted by atomic mass is 9.99. The van der Waals surface area contributed by atoms with Crippen LogP contribution in [-0.2, 0) is 11.3 Å². The third-order valence-electron chi connectivity index (χ3n) is 4.25. The Hall–Kier alpha value is -3.36. The Morgan fingerprint density at radius 3 is 2.65 bits per heavy atom. The minimum absolute atomic E-state index is 0.0175. The molecule has 132 valence electrons. The fraction of sp³-hybridized carbons (Fsp3) is 0.235. The van der Waals surface area contributed by atoms with E-state index in [4.69, 9.17) is 0 Å². The Kier molecular flexibility index (Phi) is 4.26. The molecule has 0 bridgehead atoms. The number of halogens is 1. The van der Waals surface area contributed by atoms with Crippen LogP contribution in [0.15, 0.2) is 49.3 Å². The van der Waals surface area contributed by atoms with Gasteiger partial charge in [0.05, 0.1) is 5.92 Å². The highest BCUT2D eigenvalue weighted by Crippen LogP contribution is 2.23. The number of benzene rings is 1. The normalized spacial score (nSPS) is 14.1. The van der Waals surface area contributed by atoms with Crippen LogP contribution in [0.3, 0.4) is 0 Å². The van der Waals surface area contributed by atoms with E-state index < -0.39 is 0 Å². The molecule has 1 N–H and O–H groups in total. The Bertz CT molecular complexity index is 892. The molecule has 3 heterocycles. The van der Waals surface area contributed by atoms with Gasteiger partial charge in [-0.15, -0.1) is 0 Å². The molecule has 4 rings (SSSR count). The van der Waals surface area contributed by atoms with E-state index in [2.05, 4.69) is 25.4 Å². The van der Waals surface area contributed by atoms with E-state index >= 15 is 0 Å². The van der Waals surface area contributed by atoms with Crippen LogP contribution in [0.4, 0.5) is 10.2 Å². The molecule has 0 spiro atoms. The molecule has 0 radical (unpaired) electrons. The molecule has 1 fully saturated rings. The lowest BCUT2D eigenvalue weighted by molar-refractivity contribution is -0.125. The summed E-state index contributed by atoms with van der Waals surface area (Å²) < 4.78 is 14.4. The molecule has 8 nitrogen and oxygen atoms in total. The second-order valence-electron chi connectivity index (χ2n) is 6.02. The first-order valence-electron chi connectivity index (χ1n) is 8.13. The quantitative estimate of drug-likeness (QED) is 0.735. The average Bonchev–Trinajstić information content (AvgIpc) is 3.15. The molecule has 1 aromatic carbocycles. The minimum atomic E-state index is -0.287. The molecule has 0 saturated carbocycles. The van der Waals surface area contributed by atoms with E-state index in [0.29, 0.717) is 25.5 Å². The summed E-state index contributed by atoms with van der Waals surface area (Å²) in [5.74, 6) is 0.964. The van der Waals surface area contributed by atoms with Gasteiger partial charge in [0.15, 0.2) is 5.82 Å². The van der Waals surface area contributed by atoms with Gasteiger partial charge in [0, 0.05) is 25.7 Å². The van der Waals surface area contributed by atoms with Gasteiger partial charge in [-0.25, -0.2) is 24.0 Å². The molecule has 1 saturated heterocycles. The highest BCUT2D eigenvalue weighted by Gasteiger charge is 2.33. The highest BCUT2D eigenvalue weighted by molar-refractivity contribution is 5.81. The number of carbonyl (C=O) groups excluding carboxylic acids is 1. The van der Waals surface area contributed by atoms with Crippen molar-refractivity contribution in [2.24, 2.45) is 5.92 Å². The molecule has 1 aliphatic rings. The van der Waals surface area contributed by atoms with Crippen molar-refractivity contribution in [1.82, 2.24) is 30.0 Å². The van der Waals surface area contributed by atoms with Crippen LogP contribution in [0.25, 0.3) is 5.82 Å². The van der Waals surface area contributed by atoms with Gasteiger partial charge in [0.1, 0.15) is 30.6 Å². The first kappa shape index (κ1) is 16.1. The number of anilines is 1. The van der Waals surface area contributed by atoms with E-state index in [1.165, 1.54) is 24.8 Å². The van der Waals surface area contributed by atoms with Crippen molar-refractivity contribution in [1.29, 1.82) is 0 Å². The van der Waals surface area contributed by atoms with Crippen molar-refractivity contribution in [2.45, 2.75) is 6.54 Å². The van der Waals surface area contributed by atoms with Crippen LogP contribution in [0.1, 0.15) is 5.56 Å². The smallest absolute Gasteiger partial charge is 0.226 e. The van der Waals surface area contributed by atoms with Gasteiger partial charge in [-0.3, -0.25) is 4.79 Å². The summed E-state index contributed by atoms with van der Waals surface area (Å²) in [6, 6.07) is 7.90. The molecule has 0 aliphatic carbocycles. The van der Waals surface area contributed by atoms with Crippen LogP contribution in [0.2, 0.25) is 0 Å². The molecular formula is C17H16FN7O. The van der Waals surface area contributed by atoms with Gasteiger partial charge >= 0.3 is 0 Å². The molecule has 0 unspecified atom stereocenters. The standard InChI is InChI=1S/C17H16FN7O/c18-14-3-1-12(2-4-14)6-20-17(26)13-7-24(8-13)15-5-16(22-10-21-15)25-11-19-9-23-25/h1-5,9-11,13H,6-8H2,(H,20,26). The van der Waals surface area contributed by atoms with Crippen molar-refractivity contribution < 1.29 is 9.18 Å². The molecule has 1 amide bonds. The molecule has 9 heteroatoms. The van der Waals surface area contributed by atoms with Gasteiger partial charge in [-0.05, 0) is 17.7 Å². The Morgan fingerprint density at radius 2 is 1.92 bits per heavy atom. The number of nitrogens with one attached hydrogen (secondary N) is 1. The fourth-order valence-electron chi connectivity index (χ4n) is 2.73. The third-order valence-corrected chi connectivity index (χ3v) is 4.25. The Balaban J connectivity index is 1.31. The summed E-state index contributed by atoms with van der Waals surface area (Å²) >= 11 is 0. The maximum Gasteiger partial charge on any atom is 0.226 e. The maximum absolute atomic E-state index is 12.9. The van der Waals surface area contributed by atoms with Crippen LogP contribution in [0, 0.1) is 11.7 Å². The Morgan fingerprint density at radius 1 is 1.15 bits per heavy atom. The van der Waals surface area contributed by atoms with Crippen molar-refractivity contribution in [3.05, 3.63) is 60.7 Å². The SMILES string of the molecule is O=C(NCc1ccc(F)cc1)C1CN(c2cc(-n3cncn3)ncn2)C1. The van der Waals surface area contributed by atoms with Gasteiger partial charge in [0.2, 0.25) is 5.91 Å². The van der Waals surface area contributed by atoms with Crippen molar-refractivity contribution in [3.8, 4) is 5.82 Å². The number of hydrogen-bond donors (Lipinski definition) is 1. The third kappa shape index (κ3) is 3.37. The molecule has 1 aliphatic heterocycles. The number of carbonyl (C=O) groups is 1. The summed E-state index contributed by atoms with van der Waals surface area (Å²) in [6.45, 7) is 1.56. The first-order valence-corrected chi connectivity index (χ1v) is 8.13. The first-order chi connectivity index (χ1) is 12.7. The van der Waals surface area contributed by atoms with Crippen molar-refractivity contribution >= 4 is 11.7 Å². The summed E-state index contributed by atoms with van der Waals surface area (Å²) in [5.41, 5.74) is 0.865. The molecule has 2 aromatic heterocycles. The van der Waals surface area contributed by atoms with Gasteiger partial charge in [0.25, 0.3) is 0 Å². The zero-order valence-corrected chi connectivity index (χ0v) is 13.8.